The van der Waals surface area contributed by atoms with E-state index in [0.29, 0.717) is 0 Å². The molecule has 0 amide bonds. The molecule has 0 N–H and O–H groups in total. The van der Waals surface area contributed by atoms with Crippen LogP contribution in [0, 0.1) is 6.92 Å². The first-order valence-corrected chi connectivity index (χ1v) is 9.04. The minimum atomic E-state index is -0.0828. The Balaban J connectivity index is 1.83. The third-order valence-corrected chi connectivity index (χ3v) is 5.08. The summed E-state index contributed by atoms with van der Waals surface area (Å²) in [4.78, 5) is 0. The highest BCUT2D eigenvalue weighted by molar-refractivity contribution is 5.68. The van der Waals surface area contributed by atoms with E-state index in [9.17, 15) is 0 Å². The molecule has 0 fully saturated rings. The lowest BCUT2D eigenvalue weighted by Crippen LogP contribution is -2.32. The molecule has 2 aromatic rings. The Morgan fingerprint density at radius 1 is 1.12 bits per heavy atom. The van der Waals surface area contributed by atoms with E-state index in [2.05, 4.69) is 50.8 Å². The first-order chi connectivity index (χ1) is 12.3. The molecule has 26 heavy (non-hydrogen) atoms. The lowest BCUT2D eigenvalue weighted by Gasteiger charge is -2.32. The van der Waals surface area contributed by atoms with Crippen LogP contribution in [0.4, 0.5) is 0 Å². The summed E-state index contributed by atoms with van der Waals surface area (Å²) in [5.41, 5.74) is 5.56. The highest BCUT2D eigenvalue weighted by Crippen LogP contribution is 2.36. The highest BCUT2D eigenvalue weighted by atomic mass is 16.5. The highest BCUT2D eigenvalue weighted by Gasteiger charge is 2.26. The van der Waals surface area contributed by atoms with Crippen molar-refractivity contribution >= 4 is 5.57 Å². The van der Waals surface area contributed by atoms with E-state index in [4.69, 9.17) is 14.2 Å². The van der Waals surface area contributed by atoms with Crippen LogP contribution in [0.1, 0.15) is 42.5 Å². The van der Waals surface area contributed by atoms with Gasteiger partial charge in [-0.05, 0) is 86.6 Å². The number of hydrogen-bond donors (Lipinski definition) is 0. The van der Waals surface area contributed by atoms with Gasteiger partial charge in [-0.25, -0.2) is 0 Å². The Hall–Kier alpha value is -2.42. The van der Waals surface area contributed by atoms with Crippen LogP contribution < -0.4 is 14.2 Å². The zero-order chi connectivity index (χ0) is 18.9. The molecule has 1 heterocycles. The van der Waals surface area contributed by atoms with Gasteiger partial charge in [0.25, 0.3) is 0 Å². The summed E-state index contributed by atoms with van der Waals surface area (Å²) in [6.07, 6.45) is 2.82. The number of ether oxygens (including phenoxy) is 3. The maximum absolute atomic E-state index is 6.08. The largest absolute Gasteiger partial charge is 0.496 e. The van der Waals surface area contributed by atoms with E-state index < -0.39 is 0 Å². The third-order valence-electron chi connectivity index (χ3n) is 5.08. The molecule has 0 radical (unpaired) electrons. The quantitative estimate of drug-likeness (QED) is 0.724. The number of methoxy groups -OCH3 is 2. The number of fused-ring (bicyclic) bond motifs is 1. The Bertz CT molecular complexity index is 808. The molecule has 0 aliphatic carbocycles. The van der Waals surface area contributed by atoms with E-state index in [1.165, 1.54) is 5.56 Å². The van der Waals surface area contributed by atoms with Gasteiger partial charge in [0.05, 0.1) is 14.2 Å². The van der Waals surface area contributed by atoms with Gasteiger partial charge in [-0.15, -0.1) is 0 Å². The topological polar surface area (TPSA) is 27.7 Å². The minimum Gasteiger partial charge on any atom is -0.496 e. The minimum absolute atomic E-state index is 0.0828. The lowest BCUT2D eigenvalue weighted by atomic mass is 9.91. The summed E-state index contributed by atoms with van der Waals surface area (Å²) in [6.45, 7) is 10.6. The van der Waals surface area contributed by atoms with Crippen LogP contribution >= 0.6 is 0 Å². The van der Waals surface area contributed by atoms with E-state index in [1.54, 1.807) is 14.2 Å². The number of aryl methyl sites for hydroxylation is 1. The molecule has 0 spiro atoms. The van der Waals surface area contributed by atoms with Crippen molar-refractivity contribution < 1.29 is 14.2 Å². The van der Waals surface area contributed by atoms with Crippen LogP contribution in [0.3, 0.4) is 0 Å². The fourth-order valence-corrected chi connectivity index (χ4v) is 3.47. The van der Waals surface area contributed by atoms with Gasteiger partial charge in [0.1, 0.15) is 22.8 Å². The fraction of sp³-hybridized carbons (Fsp3) is 0.391. The Morgan fingerprint density at radius 2 is 1.77 bits per heavy atom. The van der Waals surface area contributed by atoms with Crippen LogP contribution in [0.5, 0.6) is 17.2 Å². The monoisotopic (exact) mass is 352 g/mol. The van der Waals surface area contributed by atoms with Crippen molar-refractivity contribution in [2.45, 2.75) is 45.6 Å². The molecule has 3 heteroatoms. The molecule has 2 aromatic carbocycles. The van der Waals surface area contributed by atoms with Crippen molar-refractivity contribution in [3.63, 3.8) is 0 Å². The normalized spacial score (nSPS) is 15.0. The molecule has 3 nitrogen and oxygen atoms in total. The average Bonchev–Trinajstić information content (AvgIpc) is 2.61. The maximum atomic E-state index is 6.08. The number of rotatable bonds is 5. The molecule has 0 bridgehead atoms. The number of benzene rings is 2. The Kier molecular flexibility index (Phi) is 4.99. The van der Waals surface area contributed by atoms with Crippen molar-refractivity contribution in [2.24, 2.45) is 0 Å². The molecule has 1 aliphatic heterocycles. The summed E-state index contributed by atoms with van der Waals surface area (Å²) < 4.78 is 17.0. The van der Waals surface area contributed by atoms with Crippen LogP contribution in [-0.2, 0) is 12.8 Å². The van der Waals surface area contributed by atoms with E-state index in [0.717, 1.165) is 58.8 Å². The molecule has 0 saturated heterocycles. The van der Waals surface area contributed by atoms with Crippen molar-refractivity contribution in [1.29, 1.82) is 0 Å². The molecule has 3 rings (SSSR count). The summed E-state index contributed by atoms with van der Waals surface area (Å²) in [5.74, 6) is 2.68. The van der Waals surface area contributed by atoms with Gasteiger partial charge < -0.3 is 14.2 Å². The van der Waals surface area contributed by atoms with Gasteiger partial charge in [-0.2, -0.15) is 0 Å². The number of allylic oxidation sites excluding steroid dienone is 1. The molecule has 0 atom stereocenters. The van der Waals surface area contributed by atoms with Gasteiger partial charge in [0, 0.05) is 5.56 Å². The predicted octanol–water partition coefficient (Wildman–Crippen LogP) is 5.37. The number of hydrogen-bond acceptors (Lipinski definition) is 3. The summed E-state index contributed by atoms with van der Waals surface area (Å²) in [6, 6.07) is 10.5. The molecule has 0 aromatic heterocycles. The Labute approximate surface area is 156 Å². The Morgan fingerprint density at radius 3 is 2.38 bits per heavy atom. The standard InChI is InChI=1S/C23H28O3/c1-15(11-17-12-21(24-5)16(2)22(13-17)25-6)18-7-8-20-19(14-18)9-10-23(3,4)26-20/h7-8,12-14H,1,9-11H2,2-6H3. The van der Waals surface area contributed by atoms with Gasteiger partial charge in [0.2, 0.25) is 0 Å². The van der Waals surface area contributed by atoms with Crippen LogP contribution in [0.2, 0.25) is 0 Å². The van der Waals surface area contributed by atoms with E-state index in [-0.39, 0.29) is 5.60 Å². The summed E-state index contributed by atoms with van der Waals surface area (Å²) in [5, 5.41) is 0. The molecular formula is C23H28O3. The molecule has 138 valence electrons. The summed E-state index contributed by atoms with van der Waals surface area (Å²) in [7, 11) is 3.37. The second kappa shape index (κ2) is 7.06. The second-order valence-electron chi connectivity index (χ2n) is 7.59. The van der Waals surface area contributed by atoms with E-state index >= 15 is 0 Å². The second-order valence-corrected chi connectivity index (χ2v) is 7.59. The third kappa shape index (κ3) is 3.72. The first kappa shape index (κ1) is 18.4. The molecular weight excluding hydrogens is 324 g/mol. The molecule has 1 aliphatic rings. The lowest BCUT2D eigenvalue weighted by molar-refractivity contribution is 0.0847. The SMILES string of the molecule is C=C(Cc1cc(OC)c(C)c(OC)c1)c1ccc2c(c1)CCC(C)(C)O2. The van der Waals surface area contributed by atoms with Crippen LogP contribution in [0.25, 0.3) is 5.57 Å². The van der Waals surface area contributed by atoms with Crippen LogP contribution in [-0.4, -0.2) is 19.8 Å². The smallest absolute Gasteiger partial charge is 0.125 e. The zero-order valence-corrected chi connectivity index (χ0v) is 16.4. The first-order valence-electron chi connectivity index (χ1n) is 9.04. The summed E-state index contributed by atoms with van der Waals surface area (Å²) >= 11 is 0. The zero-order valence-electron chi connectivity index (χ0n) is 16.4. The predicted molar refractivity (Wildman–Crippen MR) is 106 cm³/mol. The van der Waals surface area contributed by atoms with Gasteiger partial charge in [0.15, 0.2) is 0 Å². The fourth-order valence-electron chi connectivity index (χ4n) is 3.47. The average molecular weight is 352 g/mol. The van der Waals surface area contributed by atoms with Crippen molar-refractivity contribution in [1.82, 2.24) is 0 Å². The van der Waals surface area contributed by atoms with E-state index in [1.807, 2.05) is 6.92 Å². The van der Waals surface area contributed by atoms with Gasteiger partial charge in [-0.3, -0.25) is 0 Å². The van der Waals surface area contributed by atoms with Gasteiger partial charge in [-0.1, -0.05) is 12.6 Å². The van der Waals surface area contributed by atoms with Crippen molar-refractivity contribution in [2.75, 3.05) is 14.2 Å². The molecule has 0 saturated carbocycles. The maximum Gasteiger partial charge on any atom is 0.125 e. The van der Waals surface area contributed by atoms with Crippen molar-refractivity contribution in [3.8, 4) is 17.2 Å². The van der Waals surface area contributed by atoms with Crippen molar-refractivity contribution in [3.05, 3.63) is 59.2 Å². The molecule has 0 unspecified atom stereocenters. The van der Waals surface area contributed by atoms with Crippen LogP contribution in [0.15, 0.2) is 36.9 Å². The van der Waals surface area contributed by atoms with Gasteiger partial charge >= 0.3 is 0 Å².